The first kappa shape index (κ1) is 6.74. The monoisotopic (exact) mass is 118 g/mol. The van der Waals surface area contributed by atoms with Crippen molar-refractivity contribution in [3.63, 3.8) is 0 Å². The molecule has 0 aromatic heterocycles. The highest BCUT2D eigenvalue weighted by Gasteiger charge is 2.38. The third kappa shape index (κ3) is 1.34. The van der Waals surface area contributed by atoms with E-state index in [0.717, 1.165) is 12.8 Å². The molecule has 1 rings (SSSR count). The SMILES string of the molecule is Cl.N#CC1(N)CC1. The number of nitrogens with two attached hydrogens (primary N) is 1. The van der Waals surface area contributed by atoms with Crippen molar-refractivity contribution in [1.29, 1.82) is 5.26 Å². The maximum absolute atomic E-state index is 8.09. The zero-order valence-corrected chi connectivity index (χ0v) is 4.66. The normalized spacial score (nSPS) is 21.7. The minimum atomic E-state index is -0.403. The summed E-state index contributed by atoms with van der Waals surface area (Å²) in [5.41, 5.74) is 4.88. The predicted octanol–water partition coefficient (Wildman–Crippen LogP) is 0.423. The fraction of sp³-hybridized carbons (Fsp3) is 0.750. The van der Waals surface area contributed by atoms with Crippen molar-refractivity contribution in [2.45, 2.75) is 18.4 Å². The van der Waals surface area contributed by atoms with Crippen LogP contribution in [-0.2, 0) is 0 Å². The molecule has 0 unspecified atom stereocenters. The van der Waals surface area contributed by atoms with Crippen molar-refractivity contribution in [1.82, 2.24) is 0 Å². The molecule has 2 nitrogen and oxygen atoms in total. The van der Waals surface area contributed by atoms with E-state index >= 15 is 0 Å². The summed E-state index contributed by atoms with van der Waals surface area (Å²) in [5.74, 6) is 0. The number of hydrogen-bond donors (Lipinski definition) is 1. The standard InChI is InChI=1S/C4H6N2.ClH/c5-3-4(6)1-2-4;/h1-2,6H2;1H. The van der Waals surface area contributed by atoms with Gasteiger partial charge in [-0.25, -0.2) is 0 Å². The molecule has 3 heteroatoms. The van der Waals surface area contributed by atoms with Crippen LogP contribution < -0.4 is 5.73 Å². The van der Waals surface area contributed by atoms with Gasteiger partial charge in [-0.3, -0.25) is 0 Å². The molecular weight excluding hydrogens is 112 g/mol. The second-order valence-electron chi connectivity index (χ2n) is 1.77. The van der Waals surface area contributed by atoms with Gasteiger partial charge < -0.3 is 5.73 Å². The van der Waals surface area contributed by atoms with Crippen molar-refractivity contribution in [3.8, 4) is 6.07 Å². The van der Waals surface area contributed by atoms with Crippen LogP contribution in [0.4, 0.5) is 0 Å². The second kappa shape index (κ2) is 1.69. The number of halogens is 1. The van der Waals surface area contributed by atoms with Crippen molar-refractivity contribution in [2.24, 2.45) is 5.73 Å². The summed E-state index contributed by atoms with van der Waals surface area (Å²) >= 11 is 0. The lowest BCUT2D eigenvalue weighted by Crippen LogP contribution is -2.17. The van der Waals surface area contributed by atoms with Crippen molar-refractivity contribution in [3.05, 3.63) is 0 Å². The van der Waals surface area contributed by atoms with Crippen LogP contribution in [0.1, 0.15) is 12.8 Å². The molecule has 0 aliphatic heterocycles. The van der Waals surface area contributed by atoms with Crippen LogP contribution in [0.3, 0.4) is 0 Å². The number of hydrogen-bond acceptors (Lipinski definition) is 2. The molecule has 0 atom stereocenters. The molecule has 0 radical (unpaired) electrons. The van der Waals surface area contributed by atoms with Crippen molar-refractivity contribution >= 4 is 12.4 Å². The zero-order chi connectivity index (χ0) is 4.62. The molecule has 0 aromatic rings. The third-order valence-electron chi connectivity index (χ3n) is 1.01. The van der Waals surface area contributed by atoms with E-state index in [4.69, 9.17) is 11.0 Å². The Morgan fingerprint density at radius 1 is 1.57 bits per heavy atom. The molecule has 0 aromatic carbocycles. The molecule has 2 N–H and O–H groups in total. The molecule has 1 aliphatic rings. The highest BCUT2D eigenvalue weighted by Crippen LogP contribution is 2.30. The van der Waals surface area contributed by atoms with Gasteiger partial charge in [0.15, 0.2) is 0 Å². The summed E-state index contributed by atoms with van der Waals surface area (Å²) in [6.07, 6.45) is 1.78. The van der Waals surface area contributed by atoms with Gasteiger partial charge in [0.1, 0.15) is 5.54 Å². The van der Waals surface area contributed by atoms with Crippen molar-refractivity contribution < 1.29 is 0 Å². The number of nitriles is 1. The Morgan fingerprint density at radius 2 is 2.00 bits per heavy atom. The van der Waals surface area contributed by atoms with E-state index in [2.05, 4.69) is 0 Å². The molecule has 1 fully saturated rings. The summed E-state index contributed by atoms with van der Waals surface area (Å²) in [5, 5.41) is 8.09. The van der Waals surface area contributed by atoms with Crippen molar-refractivity contribution in [2.75, 3.05) is 0 Å². The Bertz CT molecular complexity index is 101. The van der Waals surface area contributed by atoms with Crippen LogP contribution in [0.15, 0.2) is 0 Å². The van der Waals surface area contributed by atoms with Crippen LogP contribution in [-0.4, -0.2) is 5.54 Å². The topological polar surface area (TPSA) is 49.8 Å². The van der Waals surface area contributed by atoms with E-state index in [9.17, 15) is 0 Å². The molecule has 0 bridgehead atoms. The average molecular weight is 119 g/mol. The van der Waals surface area contributed by atoms with E-state index in [1.54, 1.807) is 0 Å². The van der Waals surface area contributed by atoms with Crippen LogP contribution in [0.2, 0.25) is 0 Å². The first-order valence-electron chi connectivity index (χ1n) is 1.97. The van der Waals surface area contributed by atoms with Gasteiger partial charge in [0.2, 0.25) is 0 Å². The summed E-state index contributed by atoms with van der Waals surface area (Å²) < 4.78 is 0. The van der Waals surface area contributed by atoms with E-state index in [0.29, 0.717) is 0 Å². The van der Waals surface area contributed by atoms with E-state index < -0.39 is 5.54 Å². The Labute approximate surface area is 48.7 Å². The summed E-state index contributed by atoms with van der Waals surface area (Å²) in [7, 11) is 0. The van der Waals surface area contributed by atoms with E-state index in [1.165, 1.54) is 0 Å². The molecule has 0 heterocycles. The van der Waals surface area contributed by atoms with Gasteiger partial charge in [0.25, 0.3) is 0 Å². The first-order valence-corrected chi connectivity index (χ1v) is 1.97. The predicted molar refractivity (Wildman–Crippen MR) is 29.0 cm³/mol. The number of rotatable bonds is 0. The molecule has 0 amide bonds. The van der Waals surface area contributed by atoms with Gasteiger partial charge in [-0.15, -0.1) is 12.4 Å². The molecule has 1 saturated carbocycles. The van der Waals surface area contributed by atoms with Gasteiger partial charge in [-0.1, -0.05) is 0 Å². The second-order valence-corrected chi connectivity index (χ2v) is 1.77. The Hall–Kier alpha value is -0.260. The smallest absolute Gasteiger partial charge is 0.104 e. The average Bonchev–Trinajstić information content (AvgIpc) is 2.22. The van der Waals surface area contributed by atoms with Gasteiger partial charge in [-0.05, 0) is 12.8 Å². The highest BCUT2D eigenvalue weighted by molar-refractivity contribution is 5.85. The third-order valence-corrected chi connectivity index (χ3v) is 1.01. The van der Waals surface area contributed by atoms with E-state index in [1.807, 2.05) is 6.07 Å². The molecule has 0 saturated heterocycles. The lowest BCUT2D eigenvalue weighted by molar-refractivity contribution is 0.872. The fourth-order valence-corrected chi connectivity index (χ4v) is 0.246. The maximum atomic E-state index is 8.09. The van der Waals surface area contributed by atoms with Crippen LogP contribution in [0, 0.1) is 11.3 Å². The van der Waals surface area contributed by atoms with E-state index in [-0.39, 0.29) is 12.4 Å². The zero-order valence-electron chi connectivity index (χ0n) is 3.85. The lowest BCUT2D eigenvalue weighted by Gasteiger charge is -1.84. The van der Waals surface area contributed by atoms with Gasteiger partial charge >= 0.3 is 0 Å². The van der Waals surface area contributed by atoms with Gasteiger partial charge in [0, 0.05) is 0 Å². The molecule has 40 valence electrons. The Morgan fingerprint density at radius 3 is 2.00 bits per heavy atom. The quantitative estimate of drug-likeness (QED) is 0.501. The van der Waals surface area contributed by atoms with Gasteiger partial charge in [-0.2, -0.15) is 5.26 Å². The summed E-state index contributed by atoms with van der Waals surface area (Å²) in [4.78, 5) is 0. The Kier molecular flexibility index (Phi) is 1.63. The minimum Gasteiger partial charge on any atom is -0.313 e. The summed E-state index contributed by atoms with van der Waals surface area (Å²) in [6, 6.07) is 1.99. The minimum absolute atomic E-state index is 0. The first-order chi connectivity index (χ1) is 2.77. The summed E-state index contributed by atoms with van der Waals surface area (Å²) in [6.45, 7) is 0. The molecule has 0 spiro atoms. The lowest BCUT2D eigenvalue weighted by atomic mass is 10.4. The molecule has 1 aliphatic carbocycles. The maximum Gasteiger partial charge on any atom is 0.104 e. The largest absolute Gasteiger partial charge is 0.313 e. The fourth-order valence-electron chi connectivity index (χ4n) is 0.246. The van der Waals surface area contributed by atoms with Crippen LogP contribution in [0.5, 0.6) is 0 Å². The Balaban J connectivity index is 0.000000360. The molecule has 7 heavy (non-hydrogen) atoms. The van der Waals surface area contributed by atoms with Crippen LogP contribution >= 0.6 is 12.4 Å². The highest BCUT2D eigenvalue weighted by atomic mass is 35.5. The number of nitrogens with zero attached hydrogens (tertiary/aromatic N) is 1. The van der Waals surface area contributed by atoms with Crippen LogP contribution in [0.25, 0.3) is 0 Å². The van der Waals surface area contributed by atoms with Gasteiger partial charge in [0.05, 0.1) is 6.07 Å². The molecular formula is C4H7ClN2.